The van der Waals surface area contributed by atoms with Gasteiger partial charge < -0.3 is 4.57 Å². The Morgan fingerprint density at radius 3 is 2.00 bits per heavy atom. The number of hydrogen-bond donors (Lipinski definition) is 0. The number of imide groups is 1. The van der Waals surface area contributed by atoms with Gasteiger partial charge in [-0.3, -0.25) is 9.59 Å². The zero-order valence-electron chi connectivity index (χ0n) is 25.0. The van der Waals surface area contributed by atoms with Crippen LogP contribution in [0.4, 0.5) is 18.9 Å². The minimum absolute atomic E-state index is 0.271. The molecule has 0 unspecified atom stereocenters. The lowest BCUT2D eigenvalue weighted by Crippen LogP contribution is -2.29. The largest absolute Gasteiger partial charge is 0.416 e. The first-order chi connectivity index (χ1) is 22.7. The third-order valence-electron chi connectivity index (χ3n) is 8.78. The Balaban J connectivity index is 1.28. The molecular weight excluding hydrogens is 597 g/mol. The van der Waals surface area contributed by atoms with Crippen LogP contribution in [0.1, 0.15) is 31.8 Å². The lowest BCUT2D eigenvalue weighted by molar-refractivity contribution is -0.137. The van der Waals surface area contributed by atoms with Gasteiger partial charge in [0, 0.05) is 10.8 Å². The maximum absolute atomic E-state index is 14.2. The molecule has 228 valence electrons. The van der Waals surface area contributed by atoms with Gasteiger partial charge >= 0.3 is 6.18 Å². The van der Waals surface area contributed by atoms with Crippen molar-refractivity contribution in [3.05, 3.63) is 156 Å². The SMILES string of the molecule is Cc1cc(-c2ccc3c4ccccc4n(-c4cccc5c4C(=O)N(c4ccc(-c6ccccc6)cc4)C5=O)c3c2)cc(C(F)(F)F)c1. The molecule has 1 aliphatic rings. The van der Waals surface area contributed by atoms with E-state index < -0.39 is 23.6 Å². The lowest BCUT2D eigenvalue weighted by Gasteiger charge is -2.15. The number of halogens is 3. The van der Waals surface area contributed by atoms with E-state index >= 15 is 0 Å². The number of carbonyl (C=O) groups is 2. The number of aromatic nitrogens is 1. The van der Waals surface area contributed by atoms with Crippen molar-refractivity contribution in [2.75, 3.05) is 4.90 Å². The average Bonchev–Trinajstić information content (AvgIpc) is 3.55. The van der Waals surface area contributed by atoms with Crippen LogP contribution in [0.5, 0.6) is 0 Å². The number of rotatable bonds is 4. The van der Waals surface area contributed by atoms with Crippen molar-refractivity contribution < 1.29 is 22.8 Å². The summed E-state index contributed by atoms with van der Waals surface area (Å²) in [5, 5.41) is 1.78. The number of nitrogens with zero attached hydrogens (tertiary/aromatic N) is 2. The molecule has 0 saturated heterocycles. The van der Waals surface area contributed by atoms with Crippen molar-refractivity contribution in [3.8, 4) is 27.9 Å². The number of aryl methyl sites for hydroxylation is 1. The molecule has 0 saturated carbocycles. The number of benzene rings is 6. The Kier molecular flexibility index (Phi) is 6.41. The summed E-state index contributed by atoms with van der Waals surface area (Å²) in [7, 11) is 0. The van der Waals surface area contributed by atoms with E-state index in [-0.39, 0.29) is 11.1 Å². The van der Waals surface area contributed by atoms with Crippen molar-refractivity contribution in [1.29, 1.82) is 0 Å². The van der Waals surface area contributed by atoms with Gasteiger partial charge in [-0.2, -0.15) is 13.2 Å². The highest BCUT2D eigenvalue weighted by Gasteiger charge is 2.39. The van der Waals surface area contributed by atoms with Crippen molar-refractivity contribution in [3.63, 3.8) is 0 Å². The van der Waals surface area contributed by atoms with Gasteiger partial charge in [0.25, 0.3) is 11.8 Å². The molecule has 1 aromatic heterocycles. The monoisotopic (exact) mass is 622 g/mol. The standard InChI is InChI=1S/C40H25F3N2O2/c1-24-20-28(22-29(21-24)40(41,42)43)27-16-19-32-31-10-5-6-12-34(31)45(36(32)23-27)35-13-7-11-33-37(35)39(47)44(38(33)46)30-17-14-26(15-18-30)25-8-3-2-4-9-25/h2-23H,1H3. The zero-order chi connectivity index (χ0) is 32.4. The van der Waals surface area contributed by atoms with Gasteiger partial charge in [0.15, 0.2) is 0 Å². The molecular formula is C40H25F3N2O2. The fraction of sp³-hybridized carbons (Fsp3) is 0.0500. The molecule has 6 aromatic carbocycles. The maximum Gasteiger partial charge on any atom is 0.416 e. The molecule has 0 atom stereocenters. The summed E-state index contributed by atoms with van der Waals surface area (Å²) < 4.78 is 43.1. The lowest BCUT2D eigenvalue weighted by atomic mass is 9.99. The second kappa shape index (κ2) is 10.6. The van der Waals surface area contributed by atoms with E-state index in [9.17, 15) is 22.8 Å². The van der Waals surface area contributed by atoms with Gasteiger partial charge in [0.05, 0.1) is 39.1 Å². The fourth-order valence-corrected chi connectivity index (χ4v) is 6.65. The Hall–Kier alpha value is -5.95. The van der Waals surface area contributed by atoms with Crippen molar-refractivity contribution in [2.24, 2.45) is 0 Å². The maximum atomic E-state index is 14.2. The molecule has 1 aliphatic heterocycles. The molecule has 47 heavy (non-hydrogen) atoms. The van der Waals surface area contributed by atoms with Crippen LogP contribution in [-0.2, 0) is 6.18 Å². The van der Waals surface area contributed by atoms with Crippen molar-refractivity contribution in [2.45, 2.75) is 13.1 Å². The molecule has 2 heterocycles. The van der Waals surface area contributed by atoms with E-state index in [1.54, 1.807) is 43.3 Å². The van der Waals surface area contributed by atoms with E-state index in [0.29, 0.717) is 33.6 Å². The molecule has 0 aliphatic carbocycles. The van der Waals surface area contributed by atoms with Gasteiger partial charge in [-0.15, -0.1) is 0 Å². The van der Waals surface area contributed by atoms with E-state index in [2.05, 4.69) is 0 Å². The molecule has 0 radical (unpaired) electrons. The van der Waals surface area contributed by atoms with Gasteiger partial charge in [-0.1, -0.05) is 84.9 Å². The molecule has 0 spiro atoms. The van der Waals surface area contributed by atoms with Crippen molar-refractivity contribution >= 4 is 39.3 Å². The molecule has 0 bridgehead atoms. The van der Waals surface area contributed by atoms with Crippen molar-refractivity contribution in [1.82, 2.24) is 4.57 Å². The Morgan fingerprint density at radius 1 is 0.553 bits per heavy atom. The molecule has 2 amide bonds. The van der Waals surface area contributed by atoms with Crippen LogP contribution >= 0.6 is 0 Å². The van der Waals surface area contributed by atoms with E-state index in [0.717, 1.165) is 39.5 Å². The number of anilines is 1. The number of hydrogen-bond acceptors (Lipinski definition) is 2. The minimum Gasteiger partial charge on any atom is -0.308 e. The summed E-state index contributed by atoms with van der Waals surface area (Å²) in [6, 6.07) is 39.7. The number of carbonyl (C=O) groups excluding carboxylic acids is 2. The van der Waals surface area contributed by atoms with E-state index in [4.69, 9.17) is 0 Å². The summed E-state index contributed by atoms with van der Waals surface area (Å²) in [4.78, 5) is 29.2. The summed E-state index contributed by atoms with van der Waals surface area (Å²) in [5.41, 5.74) is 5.86. The highest BCUT2D eigenvalue weighted by atomic mass is 19.4. The second-order valence-electron chi connectivity index (χ2n) is 11.7. The van der Waals surface area contributed by atoms with Crippen LogP contribution in [0.15, 0.2) is 133 Å². The number of para-hydroxylation sites is 1. The summed E-state index contributed by atoms with van der Waals surface area (Å²) in [6.07, 6.45) is -4.48. The highest BCUT2D eigenvalue weighted by Crippen LogP contribution is 2.40. The van der Waals surface area contributed by atoms with Crippen LogP contribution in [0, 0.1) is 6.92 Å². The molecule has 0 fully saturated rings. The Bertz CT molecular complexity index is 2390. The highest BCUT2D eigenvalue weighted by molar-refractivity contribution is 6.35. The Morgan fingerprint density at radius 2 is 1.23 bits per heavy atom. The third-order valence-corrected chi connectivity index (χ3v) is 8.78. The number of fused-ring (bicyclic) bond motifs is 4. The minimum atomic E-state index is -4.48. The van der Waals surface area contributed by atoms with Gasteiger partial charge in [-0.05, 0) is 83.3 Å². The van der Waals surface area contributed by atoms with Crippen LogP contribution in [0.3, 0.4) is 0 Å². The molecule has 8 rings (SSSR count). The topological polar surface area (TPSA) is 42.3 Å². The predicted molar refractivity (Wildman–Crippen MR) is 179 cm³/mol. The number of alkyl halides is 3. The first-order valence-corrected chi connectivity index (χ1v) is 15.1. The van der Waals surface area contributed by atoms with Gasteiger partial charge in [-0.25, -0.2) is 4.90 Å². The van der Waals surface area contributed by atoms with Crippen LogP contribution in [0.2, 0.25) is 0 Å². The fourth-order valence-electron chi connectivity index (χ4n) is 6.65. The normalized spacial score (nSPS) is 13.1. The zero-order valence-corrected chi connectivity index (χ0v) is 25.0. The van der Waals surface area contributed by atoms with E-state index in [1.807, 2.05) is 89.5 Å². The predicted octanol–water partition coefficient (Wildman–Crippen LogP) is 10.2. The first-order valence-electron chi connectivity index (χ1n) is 15.1. The van der Waals surface area contributed by atoms with Crippen LogP contribution < -0.4 is 4.90 Å². The van der Waals surface area contributed by atoms with Crippen LogP contribution in [-0.4, -0.2) is 16.4 Å². The van der Waals surface area contributed by atoms with Gasteiger partial charge in [0.2, 0.25) is 0 Å². The number of amides is 2. The molecule has 7 aromatic rings. The molecule has 0 N–H and O–H groups in total. The molecule has 7 heteroatoms. The van der Waals surface area contributed by atoms with Gasteiger partial charge in [0.1, 0.15) is 0 Å². The first kappa shape index (κ1) is 28.5. The molecule has 4 nitrogen and oxygen atoms in total. The average molecular weight is 623 g/mol. The summed E-state index contributed by atoms with van der Waals surface area (Å²) in [6.45, 7) is 1.64. The third kappa shape index (κ3) is 4.62. The summed E-state index contributed by atoms with van der Waals surface area (Å²) >= 11 is 0. The van der Waals surface area contributed by atoms with Crippen LogP contribution in [0.25, 0.3) is 49.7 Å². The summed E-state index contributed by atoms with van der Waals surface area (Å²) in [5.74, 6) is -0.858. The smallest absolute Gasteiger partial charge is 0.308 e. The Labute approximate surface area is 267 Å². The quantitative estimate of drug-likeness (QED) is 0.183. The van der Waals surface area contributed by atoms with E-state index in [1.165, 1.54) is 4.90 Å². The second-order valence-corrected chi connectivity index (χ2v) is 11.7.